The molecular formula is C49H41FN2O5. The van der Waals surface area contributed by atoms with Crippen LogP contribution in [0.2, 0.25) is 0 Å². The summed E-state index contributed by atoms with van der Waals surface area (Å²) in [7, 11) is 1.21. The highest BCUT2D eigenvalue weighted by Gasteiger charge is 2.56. The number of rotatable bonds is 14. The number of esters is 2. The molecule has 0 saturated heterocycles. The Kier molecular flexibility index (Phi) is 11.8. The number of halogens is 1. The Labute approximate surface area is 331 Å². The predicted octanol–water partition coefficient (Wildman–Crippen LogP) is 9.18. The van der Waals surface area contributed by atoms with E-state index < -0.39 is 29.1 Å². The highest BCUT2D eigenvalue weighted by atomic mass is 19.1. The van der Waals surface area contributed by atoms with Crippen molar-refractivity contribution in [2.24, 2.45) is 0 Å². The average molecular weight is 757 g/mol. The Morgan fingerprint density at radius 2 is 0.947 bits per heavy atom. The lowest BCUT2D eigenvalue weighted by molar-refractivity contribution is -0.143. The normalized spacial score (nSPS) is 15.1. The number of ether oxygens (including phenoxy) is 2. The number of hydrogen-bond acceptors (Lipinski definition) is 7. The van der Waals surface area contributed by atoms with Gasteiger partial charge in [-0.2, -0.15) is 0 Å². The number of hydrogen-bond donors (Lipinski definition) is 0. The number of benzene rings is 6. The maximum atomic E-state index is 15.9. The van der Waals surface area contributed by atoms with E-state index in [1.165, 1.54) is 31.4 Å². The van der Waals surface area contributed by atoms with Gasteiger partial charge in [0.15, 0.2) is 0 Å². The molecule has 0 N–H and O–H groups in total. The number of carbonyl (C=O) groups is 3. The van der Waals surface area contributed by atoms with Crippen LogP contribution in [0.3, 0.4) is 0 Å². The first kappa shape index (κ1) is 38.2. The maximum absolute atomic E-state index is 15.9. The van der Waals surface area contributed by atoms with Crippen LogP contribution in [0.5, 0.6) is 0 Å². The van der Waals surface area contributed by atoms with Gasteiger partial charge in [-0.25, -0.2) is 14.0 Å². The van der Waals surface area contributed by atoms with E-state index in [1.807, 2.05) is 131 Å². The summed E-state index contributed by atoms with van der Waals surface area (Å²) < 4.78 is 26.7. The molecule has 0 heterocycles. The van der Waals surface area contributed by atoms with Crippen molar-refractivity contribution in [2.75, 3.05) is 7.11 Å². The lowest BCUT2D eigenvalue weighted by Gasteiger charge is -2.44. The van der Waals surface area contributed by atoms with Gasteiger partial charge >= 0.3 is 11.9 Å². The zero-order chi connectivity index (χ0) is 39.6. The zero-order valence-corrected chi connectivity index (χ0v) is 31.5. The summed E-state index contributed by atoms with van der Waals surface area (Å²) in [5.74, 6) is -3.09. The molecule has 6 aromatic carbocycles. The Balaban J connectivity index is 1.54. The number of nitrogens with zero attached hydrogens (tertiary/aromatic N) is 2. The second kappa shape index (κ2) is 17.6. The molecule has 0 radical (unpaired) electrons. The van der Waals surface area contributed by atoms with E-state index in [2.05, 4.69) is 0 Å². The smallest absolute Gasteiger partial charge is 0.343 e. The fourth-order valence-electron chi connectivity index (χ4n) is 7.14. The molecule has 1 aliphatic rings. The first-order valence-electron chi connectivity index (χ1n) is 18.7. The first-order valence-corrected chi connectivity index (χ1v) is 18.7. The summed E-state index contributed by atoms with van der Waals surface area (Å²) in [6, 6.07) is 52.6. The van der Waals surface area contributed by atoms with Gasteiger partial charge in [0.2, 0.25) is 11.4 Å². The number of carbonyl (C=O) groups excluding carboxylic acids is 3. The molecule has 8 heteroatoms. The van der Waals surface area contributed by atoms with E-state index in [4.69, 9.17) is 9.47 Å². The molecule has 0 bridgehead atoms. The molecule has 0 fully saturated rings. The van der Waals surface area contributed by atoms with Crippen LogP contribution in [0.15, 0.2) is 199 Å². The lowest BCUT2D eigenvalue weighted by atomic mass is 9.77. The molecule has 284 valence electrons. The van der Waals surface area contributed by atoms with E-state index in [0.717, 1.165) is 22.3 Å². The first-order chi connectivity index (χ1) is 27.9. The summed E-state index contributed by atoms with van der Waals surface area (Å²) in [4.78, 5) is 48.5. The van der Waals surface area contributed by atoms with Crippen molar-refractivity contribution in [1.82, 2.24) is 9.80 Å². The van der Waals surface area contributed by atoms with Crippen molar-refractivity contribution in [3.63, 3.8) is 0 Å². The van der Waals surface area contributed by atoms with Crippen LogP contribution >= 0.6 is 0 Å². The van der Waals surface area contributed by atoms with E-state index in [9.17, 15) is 14.0 Å². The Morgan fingerprint density at radius 3 is 1.37 bits per heavy atom. The predicted molar refractivity (Wildman–Crippen MR) is 216 cm³/mol. The second-order valence-corrected chi connectivity index (χ2v) is 13.7. The standard InChI is InChI=1S/C49H41FN2O5/c1-56-48(55)45-43(51(32-36-17-7-2-8-18-36)33-37-19-9-3-10-20-37)31-44(52(34-38-21-11-4-12-22-38)35-39-23-13-5-14-24-39)49(46(45)53,41-27-29-42(50)30-28-41)57-47(54)40-25-15-6-16-26-40/h2-31H,32-35H2,1H3. The van der Waals surface area contributed by atoms with Gasteiger partial charge in [0, 0.05) is 31.7 Å². The van der Waals surface area contributed by atoms with Crippen LogP contribution in [0.25, 0.3) is 0 Å². The molecule has 0 amide bonds. The van der Waals surface area contributed by atoms with Crippen LogP contribution < -0.4 is 0 Å². The molecule has 0 spiro atoms. The minimum absolute atomic E-state index is 0.161. The zero-order valence-electron chi connectivity index (χ0n) is 31.5. The number of ketones is 1. The monoisotopic (exact) mass is 756 g/mol. The van der Waals surface area contributed by atoms with Crippen molar-refractivity contribution >= 4 is 17.7 Å². The summed E-state index contributed by atoms with van der Waals surface area (Å²) >= 11 is 0. The van der Waals surface area contributed by atoms with E-state index >= 15 is 4.79 Å². The average Bonchev–Trinajstić information content (AvgIpc) is 3.25. The molecule has 7 nitrogen and oxygen atoms in total. The SMILES string of the molecule is COC(=O)C1=C(N(Cc2ccccc2)Cc2ccccc2)C=C(N(Cc2ccccc2)Cc2ccccc2)C(OC(=O)c2ccccc2)(c2ccc(F)cc2)C1=O. The van der Waals surface area contributed by atoms with Crippen LogP contribution in [0, 0.1) is 5.82 Å². The molecule has 1 atom stereocenters. The van der Waals surface area contributed by atoms with Crippen molar-refractivity contribution in [3.8, 4) is 0 Å². The van der Waals surface area contributed by atoms with Crippen molar-refractivity contribution in [3.05, 3.63) is 238 Å². The third-order valence-corrected chi connectivity index (χ3v) is 9.88. The molecule has 0 aromatic heterocycles. The fraction of sp³-hybridized carbons (Fsp3) is 0.122. The van der Waals surface area contributed by atoms with Gasteiger partial charge in [0.1, 0.15) is 11.4 Å². The van der Waals surface area contributed by atoms with Gasteiger partial charge < -0.3 is 19.3 Å². The largest absolute Gasteiger partial charge is 0.465 e. The Morgan fingerprint density at radius 1 is 0.544 bits per heavy atom. The van der Waals surface area contributed by atoms with Gasteiger partial charge in [0.25, 0.3) is 0 Å². The number of methoxy groups -OCH3 is 1. The highest BCUT2D eigenvalue weighted by Crippen LogP contribution is 2.46. The van der Waals surface area contributed by atoms with Gasteiger partial charge in [-0.1, -0.05) is 152 Å². The van der Waals surface area contributed by atoms with E-state index in [-0.39, 0.29) is 41.2 Å². The Hall–Kier alpha value is -7.06. The quantitative estimate of drug-likeness (QED) is 0.0811. The molecule has 6 aromatic rings. The fourth-order valence-corrected chi connectivity index (χ4v) is 7.14. The summed E-state index contributed by atoms with van der Waals surface area (Å²) in [5, 5.41) is 0. The minimum Gasteiger partial charge on any atom is -0.465 e. The number of allylic oxidation sites excluding steroid dienone is 1. The topological polar surface area (TPSA) is 76.2 Å². The molecular weight excluding hydrogens is 716 g/mol. The van der Waals surface area contributed by atoms with Crippen LogP contribution in [0.1, 0.15) is 38.2 Å². The van der Waals surface area contributed by atoms with Crippen molar-refractivity contribution in [1.29, 1.82) is 0 Å². The summed E-state index contributed by atoms with van der Waals surface area (Å²) in [6.07, 6.45) is 1.77. The molecule has 57 heavy (non-hydrogen) atoms. The van der Waals surface area contributed by atoms with Gasteiger partial charge in [-0.15, -0.1) is 0 Å². The Bertz CT molecular complexity index is 2290. The van der Waals surface area contributed by atoms with E-state index in [0.29, 0.717) is 13.1 Å². The highest BCUT2D eigenvalue weighted by molar-refractivity contribution is 6.24. The third kappa shape index (κ3) is 8.61. The molecule has 7 rings (SSSR count). The second-order valence-electron chi connectivity index (χ2n) is 13.7. The van der Waals surface area contributed by atoms with Gasteiger partial charge in [-0.3, -0.25) is 4.79 Å². The summed E-state index contributed by atoms with van der Waals surface area (Å²) in [5.41, 5.74) is 2.03. The van der Waals surface area contributed by atoms with Gasteiger partial charge in [0.05, 0.1) is 24.1 Å². The van der Waals surface area contributed by atoms with E-state index in [1.54, 1.807) is 36.4 Å². The molecule has 1 unspecified atom stereocenters. The van der Waals surface area contributed by atoms with Crippen molar-refractivity contribution < 1.29 is 28.2 Å². The van der Waals surface area contributed by atoms with Crippen LogP contribution in [-0.2, 0) is 50.8 Å². The summed E-state index contributed by atoms with van der Waals surface area (Å²) in [6.45, 7) is 1.18. The molecule has 1 aliphatic carbocycles. The molecule has 0 aliphatic heterocycles. The molecule has 0 saturated carbocycles. The van der Waals surface area contributed by atoms with Gasteiger partial charge in [-0.05, 0) is 52.6 Å². The maximum Gasteiger partial charge on any atom is 0.343 e. The minimum atomic E-state index is -2.28. The van der Waals surface area contributed by atoms with Crippen LogP contribution in [0.4, 0.5) is 4.39 Å². The third-order valence-electron chi connectivity index (χ3n) is 9.88. The van der Waals surface area contributed by atoms with Crippen LogP contribution in [-0.4, -0.2) is 34.6 Å². The lowest BCUT2D eigenvalue weighted by Crippen LogP contribution is -2.52. The van der Waals surface area contributed by atoms with Crippen molar-refractivity contribution in [2.45, 2.75) is 31.8 Å². The number of Topliss-reactive ketones (excluding diaryl/α,β-unsaturated/α-hetero) is 1.